The lowest BCUT2D eigenvalue weighted by atomic mass is 9.69. The van der Waals surface area contributed by atoms with Crippen LogP contribution in [0, 0.1) is 23.2 Å². The molecule has 0 heterocycles. The molecule has 0 spiro atoms. The summed E-state index contributed by atoms with van der Waals surface area (Å²) in [6.07, 6.45) is 21.7. The molecule has 1 amide bonds. The molecule has 0 saturated heterocycles. The average Bonchev–Trinajstić information content (AvgIpc) is 3.19. The summed E-state index contributed by atoms with van der Waals surface area (Å²) in [5.74, 6) is 2.58. The van der Waals surface area contributed by atoms with Crippen molar-refractivity contribution in [3.05, 3.63) is 36.0 Å². The Morgan fingerprint density at radius 3 is 2.77 bits per heavy atom. The van der Waals surface area contributed by atoms with Crippen molar-refractivity contribution in [1.29, 1.82) is 0 Å². The van der Waals surface area contributed by atoms with Crippen LogP contribution < -0.4 is 11.1 Å². The molecule has 2 saturated carbocycles. The predicted molar refractivity (Wildman–Crippen MR) is 149 cm³/mol. The molecule has 3 N–H and O–H groups in total. The fourth-order valence-corrected chi connectivity index (χ4v) is 6.25. The largest absolute Gasteiger partial charge is 0.446 e. The van der Waals surface area contributed by atoms with Gasteiger partial charge in [-0.25, -0.2) is 4.79 Å². The zero-order valence-electron chi connectivity index (χ0n) is 23.2. The Hall–Kier alpha value is -1.55. The first-order valence-electron chi connectivity index (χ1n) is 14.4. The Bertz CT molecular complexity index is 711. The Morgan fingerprint density at radius 1 is 1.23 bits per heavy atom. The van der Waals surface area contributed by atoms with E-state index in [1.807, 2.05) is 0 Å². The number of hydrogen-bond donors (Lipinski definition) is 2. The number of alkyl carbamates (subject to hydrolysis) is 1. The Morgan fingerprint density at radius 2 is 2.03 bits per heavy atom. The molecule has 2 aliphatic rings. The van der Waals surface area contributed by atoms with Crippen LogP contribution in [0.2, 0.25) is 0 Å². The first kappa shape index (κ1) is 29.7. The summed E-state index contributed by atoms with van der Waals surface area (Å²) in [7, 11) is 0. The van der Waals surface area contributed by atoms with Crippen LogP contribution in [0.4, 0.5) is 4.79 Å². The summed E-state index contributed by atoms with van der Waals surface area (Å²) in [6, 6.07) is 0. The van der Waals surface area contributed by atoms with Gasteiger partial charge in [0.25, 0.3) is 0 Å². The van der Waals surface area contributed by atoms with Crippen LogP contribution in [0.15, 0.2) is 36.0 Å². The van der Waals surface area contributed by atoms with E-state index in [0.29, 0.717) is 18.5 Å². The molecular formula is C31H54N2O2. The number of rotatable bonds is 14. The highest BCUT2D eigenvalue weighted by atomic mass is 16.6. The number of unbranched alkanes of at least 4 members (excludes halogenated alkanes) is 1. The fraction of sp³-hybridized carbons (Fsp3) is 0.774. The molecule has 2 rings (SSSR count). The molecule has 0 aliphatic heterocycles. The highest BCUT2D eigenvalue weighted by Gasteiger charge is 2.40. The molecule has 4 nitrogen and oxygen atoms in total. The summed E-state index contributed by atoms with van der Waals surface area (Å²) < 4.78 is 5.60. The van der Waals surface area contributed by atoms with Gasteiger partial charge in [0, 0.05) is 13.0 Å². The van der Waals surface area contributed by atoms with Gasteiger partial charge in [0.05, 0.1) is 0 Å². The second-order valence-corrected chi connectivity index (χ2v) is 11.9. The van der Waals surface area contributed by atoms with Crippen molar-refractivity contribution in [3.8, 4) is 0 Å². The van der Waals surface area contributed by atoms with Crippen molar-refractivity contribution in [1.82, 2.24) is 5.32 Å². The number of nitrogens with two attached hydrogens (primary N) is 1. The normalized spacial score (nSPS) is 27.1. The molecule has 200 valence electrons. The molecule has 0 aromatic heterocycles. The molecule has 4 heteroatoms. The number of carbonyl (C=O) groups is 1. The highest BCUT2D eigenvalue weighted by Crippen LogP contribution is 2.51. The van der Waals surface area contributed by atoms with Crippen molar-refractivity contribution in [2.75, 3.05) is 13.1 Å². The van der Waals surface area contributed by atoms with Crippen LogP contribution in [0.5, 0.6) is 0 Å². The van der Waals surface area contributed by atoms with E-state index in [0.717, 1.165) is 49.9 Å². The second-order valence-electron chi connectivity index (χ2n) is 11.9. The van der Waals surface area contributed by atoms with Gasteiger partial charge in [0.15, 0.2) is 0 Å². The molecule has 4 atom stereocenters. The van der Waals surface area contributed by atoms with Crippen LogP contribution in [-0.2, 0) is 4.74 Å². The summed E-state index contributed by atoms with van der Waals surface area (Å²) >= 11 is 0. The maximum absolute atomic E-state index is 12.0. The number of amides is 1. The van der Waals surface area contributed by atoms with Gasteiger partial charge in [0.2, 0.25) is 0 Å². The lowest BCUT2D eigenvalue weighted by molar-refractivity contribution is 0.0894. The number of carbonyl (C=O) groups excluding carboxylic acids is 1. The van der Waals surface area contributed by atoms with Gasteiger partial charge in [-0.15, -0.1) is 0 Å². The minimum atomic E-state index is -0.334. The lowest BCUT2D eigenvalue weighted by Gasteiger charge is -2.36. The second kappa shape index (κ2) is 15.5. The monoisotopic (exact) mass is 486 g/mol. The molecule has 0 bridgehead atoms. The molecule has 0 aromatic carbocycles. The van der Waals surface area contributed by atoms with E-state index in [1.165, 1.54) is 62.5 Å². The number of ether oxygens (including phenoxy) is 1. The molecule has 35 heavy (non-hydrogen) atoms. The Labute approximate surface area is 216 Å². The van der Waals surface area contributed by atoms with E-state index in [2.05, 4.69) is 57.8 Å². The maximum Gasteiger partial charge on any atom is 0.407 e. The Kier molecular flexibility index (Phi) is 13.2. The van der Waals surface area contributed by atoms with Gasteiger partial charge in [0.1, 0.15) is 6.10 Å². The topological polar surface area (TPSA) is 64.3 Å². The summed E-state index contributed by atoms with van der Waals surface area (Å²) in [5, 5.41) is 2.78. The zero-order chi connectivity index (χ0) is 25.7. The minimum absolute atomic E-state index is 0.0696. The first-order chi connectivity index (χ1) is 16.7. The van der Waals surface area contributed by atoms with Crippen LogP contribution >= 0.6 is 0 Å². The quantitative estimate of drug-likeness (QED) is 0.244. The summed E-state index contributed by atoms with van der Waals surface area (Å²) in [5.41, 5.74) is 8.38. The molecule has 0 radical (unpaired) electrons. The average molecular weight is 487 g/mol. The maximum atomic E-state index is 12.0. The molecule has 2 fully saturated rings. The third kappa shape index (κ3) is 10.5. The standard InChI is InChI=1S/C31H54N2O2/c1-24(2)13-10-14-26(4)29-16-11-20-31(29,5)19-9-7-6-8-15-27-23-28(18-17-25(27)3)35-30(34)33-22-12-21-32/h6,8,15,24,26,28-29H,3,7,9-14,16-23,32H2,1-2,4-5H3,(H,33,34). The van der Waals surface area contributed by atoms with Crippen LogP contribution in [-0.4, -0.2) is 25.3 Å². The number of allylic oxidation sites excluding steroid dienone is 4. The molecule has 4 unspecified atom stereocenters. The van der Waals surface area contributed by atoms with Gasteiger partial charge in [-0.2, -0.15) is 0 Å². The lowest BCUT2D eigenvalue weighted by Crippen LogP contribution is -2.32. The van der Waals surface area contributed by atoms with Crippen molar-refractivity contribution in [2.45, 2.75) is 117 Å². The Balaban J connectivity index is 1.75. The summed E-state index contributed by atoms with van der Waals surface area (Å²) in [4.78, 5) is 12.0. The van der Waals surface area contributed by atoms with Crippen LogP contribution in [0.1, 0.15) is 111 Å². The van der Waals surface area contributed by atoms with E-state index >= 15 is 0 Å². The number of hydrogen-bond acceptors (Lipinski definition) is 3. The van der Waals surface area contributed by atoms with Crippen LogP contribution in [0.25, 0.3) is 0 Å². The van der Waals surface area contributed by atoms with Crippen LogP contribution in [0.3, 0.4) is 0 Å². The smallest absolute Gasteiger partial charge is 0.407 e. The predicted octanol–water partition coefficient (Wildman–Crippen LogP) is 8.09. The summed E-state index contributed by atoms with van der Waals surface area (Å²) in [6.45, 7) is 15.1. The molecule has 2 aliphatic carbocycles. The van der Waals surface area contributed by atoms with Crippen molar-refractivity contribution in [2.24, 2.45) is 28.9 Å². The third-order valence-corrected chi connectivity index (χ3v) is 8.43. The van der Waals surface area contributed by atoms with Crippen molar-refractivity contribution < 1.29 is 9.53 Å². The van der Waals surface area contributed by atoms with E-state index in [-0.39, 0.29) is 12.2 Å². The van der Waals surface area contributed by atoms with Gasteiger partial charge >= 0.3 is 6.09 Å². The minimum Gasteiger partial charge on any atom is -0.446 e. The van der Waals surface area contributed by atoms with Crippen molar-refractivity contribution in [3.63, 3.8) is 0 Å². The molecule has 0 aromatic rings. The fourth-order valence-electron chi connectivity index (χ4n) is 6.25. The van der Waals surface area contributed by atoms with E-state index in [1.54, 1.807) is 0 Å². The van der Waals surface area contributed by atoms with Gasteiger partial charge in [-0.05, 0) is 86.7 Å². The van der Waals surface area contributed by atoms with Gasteiger partial charge < -0.3 is 15.8 Å². The molecular weight excluding hydrogens is 432 g/mol. The number of nitrogens with one attached hydrogen (secondary N) is 1. The first-order valence-corrected chi connectivity index (χ1v) is 14.4. The zero-order valence-corrected chi connectivity index (χ0v) is 23.2. The van der Waals surface area contributed by atoms with Gasteiger partial charge in [-0.1, -0.05) is 83.8 Å². The SMILES string of the molecule is C=C1CCC(OC(=O)NCCCN)CC1=CC=CCCCC1(C)CCCC1C(C)CCCC(C)C. The van der Waals surface area contributed by atoms with Gasteiger partial charge in [-0.3, -0.25) is 0 Å². The third-order valence-electron chi connectivity index (χ3n) is 8.43. The van der Waals surface area contributed by atoms with E-state index in [4.69, 9.17) is 10.5 Å². The van der Waals surface area contributed by atoms with E-state index in [9.17, 15) is 4.79 Å². The van der Waals surface area contributed by atoms with Crippen molar-refractivity contribution >= 4 is 6.09 Å². The van der Waals surface area contributed by atoms with E-state index < -0.39 is 0 Å². The highest BCUT2D eigenvalue weighted by molar-refractivity contribution is 5.67.